The van der Waals surface area contributed by atoms with Crippen LogP contribution in [0.3, 0.4) is 0 Å². The fraction of sp³-hybridized carbons (Fsp3) is 0.467. The van der Waals surface area contributed by atoms with Gasteiger partial charge in [-0.25, -0.2) is 4.98 Å². The molecule has 1 aromatic carbocycles. The summed E-state index contributed by atoms with van der Waals surface area (Å²) in [5.41, 5.74) is 1.78. The third kappa shape index (κ3) is 3.35. The molecule has 1 amide bonds. The zero-order valence-electron chi connectivity index (χ0n) is 11.9. The fourth-order valence-corrected chi connectivity index (χ4v) is 3.65. The molecule has 0 saturated carbocycles. The quantitative estimate of drug-likeness (QED) is 0.876. The number of carbonyl (C=O) groups excluding carboxylic acids is 1. The van der Waals surface area contributed by atoms with Crippen molar-refractivity contribution in [2.75, 3.05) is 12.3 Å². The number of aromatic amines is 1. The Labute approximate surface area is 133 Å². The number of amides is 1. The van der Waals surface area contributed by atoms with Crippen LogP contribution in [0.1, 0.15) is 26.2 Å². The molecule has 0 unspecified atom stereocenters. The number of hydrogen-bond donors (Lipinski definition) is 1. The first-order valence-electron chi connectivity index (χ1n) is 7.21. The molecule has 2 aromatic rings. The first kappa shape index (κ1) is 14.7. The fourth-order valence-electron chi connectivity index (χ4n) is 2.71. The largest absolute Gasteiger partial charge is 0.339 e. The van der Waals surface area contributed by atoms with Gasteiger partial charge in [-0.05, 0) is 44.4 Å². The predicted octanol–water partition coefficient (Wildman–Crippen LogP) is 3.71. The van der Waals surface area contributed by atoms with Crippen LogP contribution >= 0.6 is 23.4 Å². The zero-order valence-corrected chi connectivity index (χ0v) is 13.5. The van der Waals surface area contributed by atoms with Crippen molar-refractivity contribution in [3.8, 4) is 0 Å². The Morgan fingerprint density at radius 1 is 1.52 bits per heavy atom. The molecule has 6 heteroatoms. The minimum Gasteiger partial charge on any atom is -0.339 e. The average Bonchev–Trinajstić information content (AvgIpc) is 2.87. The van der Waals surface area contributed by atoms with Crippen LogP contribution in [-0.4, -0.2) is 39.1 Å². The van der Waals surface area contributed by atoms with Gasteiger partial charge in [-0.3, -0.25) is 4.79 Å². The number of imidazole rings is 1. The molecule has 0 radical (unpaired) electrons. The van der Waals surface area contributed by atoms with E-state index in [1.807, 2.05) is 23.1 Å². The summed E-state index contributed by atoms with van der Waals surface area (Å²) in [5.74, 6) is 0.628. The van der Waals surface area contributed by atoms with Gasteiger partial charge < -0.3 is 9.88 Å². The summed E-state index contributed by atoms with van der Waals surface area (Å²) < 4.78 is 0. The van der Waals surface area contributed by atoms with Crippen LogP contribution in [0.5, 0.6) is 0 Å². The van der Waals surface area contributed by atoms with Crippen molar-refractivity contribution in [2.45, 2.75) is 37.4 Å². The topological polar surface area (TPSA) is 49.0 Å². The first-order valence-corrected chi connectivity index (χ1v) is 8.57. The van der Waals surface area contributed by atoms with Crippen molar-refractivity contribution in [3.05, 3.63) is 23.2 Å². The molecule has 1 aromatic heterocycles. The third-order valence-corrected chi connectivity index (χ3v) is 4.97. The smallest absolute Gasteiger partial charge is 0.233 e. The van der Waals surface area contributed by atoms with Crippen molar-refractivity contribution in [1.29, 1.82) is 0 Å². The summed E-state index contributed by atoms with van der Waals surface area (Å²) in [6.07, 6.45) is 3.45. The molecule has 1 fully saturated rings. The number of halogens is 1. The van der Waals surface area contributed by atoms with Crippen LogP contribution in [0.15, 0.2) is 23.4 Å². The number of hydrogen-bond acceptors (Lipinski definition) is 3. The van der Waals surface area contributed by atoms with Crippen LogP contribution in [-0.2, 0) is 4.79 Å². The molecule has 1 aliphatic rings. The van der Waals surface area contributed by atoms with Gasteiger partial charge in [-0.15, -0.1) is 0 Å². The normalized spacial score (nSPS) is 19.1. The second kappa shape index (κ2) is 6.28. The summed E-state index contributed by atoms with van der Waals surface area (Å²) in [7, 11) is 0. The van der Waals surface area contributed by atoms with Gasteiger partial charge in [0.25, 0.3) is 0 Å². The van der Waals surface area contributed by atoms with Gasteiger partial charge in [0.15, 0.2) is 5.16 Å². The number of nitrogens with zero attached hydrogens (tertiary/aromatic N) is 2. The third-order valence-electron chi connectivity index (χ3n) is 3.88. The highest BCUT2D eigenvalue weighted by Gasteiger charge is 2.23. The molecule has 112 valence electrons. The first-order chi connectivity index (χ1) is 10.1. The van der Waals surface area contributed by atoms with E-state index in [1.165, 1.54) is 18.2 Å². The van der Waals surface area contributed by atoms with E-state index in [0.29, 0.717) is 16.8 Å². The van der Waals surface area contributed by atoms with Crippen LogP contribution in [0.2, 0.25) is 5.02 Å². The highest BCUT2D eigenvalue weighted by molar-refractivity contribution is 7.99. The van der Waals surface area contributed by atoms with Crippen molar-refractivity contribution in [2.24, 2.45) is 0 Å². The Balaban J connectivity index is 1.64. The Hall–Kier alpha value is -1.20. The van der Waals surface area contributed by atoms with Crippen LogP contribution in [0.25, 0.3) is 11.0 Å². The summed E-state index contributed by atoms with van der Waals surface area (Å²) in [6.45, 7) is 3.02. The number of H-pyrrole nitrogens is 1. The minimum absolute atomic E-state index is 0.200. The van der Waals surface area contributed by atoms with Crippen LogP contribution in [0.4, 0.5) is 0 Å². The molecule has 21 heavy (non-hydrogen) atoms. The molecule has 3 rings (SSSR count). The number of aromatic nitrogens is 2. The lowest BCUT2D eigenvalue weighted by molar-refractivity contribution is -0.131. The molecule has 2 heterocycles. The van der Waals surface area contributed by atoms with E-state index in [-0.39, 0.29) is 5.91 Å². The van der Waals surface area contributed by atoms with E-state index in [4.69, 9.17) is 11.6 Å². The second-order valence-corrected chi connectivity index (χ2v) is 6.82. The summed E-state index contributed by atoms with van der Waals surface area (Å²) in [4.78, 5) is 22.0. The standard InChI is InChI=1S/C15H18ClN3OS/c1-10-4-2-3-7-19(10)14(20)9-21-15-17-12-6-5-11(16)8-13(12)18-15/h5-6,8,10H,2-4,7,9H2,1H3,(H,17,18)/t10-/m1/s1. The van der Waals surface area contributed by atoms with E-state index in [9.17, 15) is 4.79 Å². The number of likely N-dealkylation sites (tertiary alicyclic amines) is 1. The molecule has 1 aliphatic heterocycles. The lowest BCUT2D eigenvalue weighted by Crippen LogP contribution is -2.42. The number of nitrogens with one attached hydrogen (secondary N) is 1. The molecule has 1 atom stereocenters. The van der Waals surface area contributed by atoms with Gasteiger partial charge in [0.2, 0.25) is 5.91 Å². The Bertz CT molecular complexity index is 657. The second-order valence-electron chi connectivity index (χ2n) is 5.42. The van der Waals surface area contributed by atoms with Gasteiger partial charge >= 0.3 is 0 Å². The molecule has 0 spiro atoms. The van der Waals surface area contributed by atoms with Gasteiger partial charge in [-0.1, -0.05) is 23.4 Å². The molecule has 1 N–H and O–H groups in total. The van der Waals surface area contributed by atoms with Crippen LogP contribution < -0.4 is 0 Å². The van der Waals surface area contributed by atoms with E-state index < -0.39 is 0 Å². The molecule has 1 saturated heterocycles. The average molecular weight is 324 g/mol. The monoisotopic (exact) mass is 323 g/mol. The van der Waals surface area contributed by atoms with Crippen molar-refractivity contribution >= 4 is 40.3 Å². The molecule has 0 aliphatic carbocycles. The van der Waals surface area contributed by atoms with Crippen LogP contribution in [0, 0.1) is 0 Å². The van der Waals surface area contributed by atoms with Crippen molar-refractivity contribution in [1.82, 2.24) is 14.9 Å². The van der Waals surface area contributed by atoms with E-state index in [2.05, 4.69) is 16.9 Å². The van der Waals surface area contributed by atoms with E-state index in [0.717, 1.165) is 35.6 Å². The van der Waals surface area contributed by atoms with E-state index in [1.54, 1.807) is 0 Å². The SMILES string of the molecule is C[C@@H]1CCCCN1C(=O)CSc1nc2ccc(Cl)cc2[nH]1. The lowest BCUT2D eigenvalue weighted by atomic mass is 10.0. The molecule has 0 bridgehead atoms. The minimum atomic E-state index is 0.200. The maximum Gasteiger partial charge on any atom is 0.233 e. The highest BCUT2D eigenvalue weighted by atomic mass is 35.5. The Kier molecular flexibility index (Phi) is 4.40. The van der Waals surface area contributed by atoms with Gasteiger partial charge in [0.05, 0.1) is 16.8 Å². The van der Waals surface area contributed by atoms with Crippen molar-refractivity contribution < 1.29 is 4.79 Å². The molecular formula is C15H18ClN3OS. The Morgan fingerprint density at radius 3 is 3.19 bits per heavy atom. The number of thioether (sulfide) groups is 1. The molecular weight excluding hydrogens is 306 g/mol. The van der Waals surface area contributed by atoms with Crippen molar-refractivity contribution in [3.63, 3.8) is 0 Å². The number of rotatable bonds is 3. The number of carbonyl (C=O) groups is 1. The number of fused-ring (bicyclic) bond motifs is 1. The number of piperidine rings is 1. The summed E-state index contributed by atoms with van der Waals surface area (Å²) >= 11 is 7.41. The summed E-state index contributed by atoms with van der Waals surface area (Å²) in [5, 5.41) is 1.45. The Morgan fingerprint density at radius 2 is 2.38 bits per heavy atom. The van der Waals surface area contributed by atoms with Gasteiger partial charge in [-0.2, -0.15) is 0 Å². The zero-order chi connectivity index (χ0) is 14.8. The predicted molar refractivity (Wildman–Crippen MR) is 86.9 cm³/mol. The number of benzene rings is 1. The highest BCUT2D eigenvalue weighted by Crippen LogP contribution is 2.23. The lowest BCUT2D eigenvalue weighted by Gasteiger charge is -2.33. The maximum absolute atomic E-state index is 12.3. The van der Waals surface area contributed by atoms with E-state index >= 15 is 0 Å². The van der Waals surface area contributed by atoms with Gasteiger partial charge in [0.1, 0.15) is 0 Å². The van der Waals surface area contributed by atoms with Gasteiger partial charge in [0, 0.05) is 17.6 Å². The maximum atomic E-state index is 12.3. The summed E-state index contributed by atoms with van der Waals surface area (Å²) in [6, 6.07) is 5.91. The molecule has 4 nitrogen and oxygen atoms in total.